The molecule has 3 atom stereocenters. The van der Waals surface area contributed by atoms with Gasteiger partial charge in [-0.2, -0.15) is 0 Å². The average Bonchev–Trinajstić information content (AvgIpc) is 2.64. The lowest BCUT2D eigenvalue weighted by Gasteiger charge is -2.02. The maximum absolute atomic E-state index is 10.3. The van der Waals surface area contributed by atoms with Gasteiger partial charge in [-0.1, -0.05) is 13.3 Å². The van der Waals surface area contributed by atoms with Gasteiger partial charge in [0.25, 0.3) is 0 Å². The molecule has 1 fully saturated rings. The highest BCUT2D eigenvalue weighted by Gasteiger charge is 2.42. The van der Waals surface area contributed by atoms with E-state index in [2.05, 4.69) is 6.92 Å². The molecule has 0 spiro atoms. The Labute approximate surface area is 60.2 Å². The topological polar surface area (TPSA) is 63.3 Å². The third kappa shape index (κ3) is 1.29. The zero-order valence-electron chi connectivity index (χ0n) is 6.08. The molecule has 0 amide bonds. The van der Waals surface area contributed by atoms with Gasteiger partial charge in [-0.05, 0) is 18.3 Å². The summed E-state index contributed by atoms with van der Waals surface area (Å²) < 4.78 is 0. The number of carbonyl (C=O) groups is 1. The molecular formula is C7H13NO2. The number of hydrogen-bond donors (Lipinski definition) is 2. The second kappa shape index (κ2) is 2.58. The summed E-state index contributed by atoms with van der Waals surface area (Å²) in [5.41, 5.74) is 5.39. The Balaban J connectivity index is 2.32. The number of hydrogen-bond acceptors (Lipinski definition) is 2. The Hall–Kier alpha value is -0.570. The zero-order chi connectivity index (χ0) is 7.72. The molecule has 0 aliphatic heterocycles. The zero-order valence-corrected chi connectivity index (χ0v) is 6.08. The van der Waals surface area contributed by atoms with Crippen LogP contribution in [0.4, 0.5) is 0 Å². The van der Waals surface area contributed by atoms with Gasteiger partial charge in [0.1, 0.15) is 6.04 Å². The van der Waals surface area contributed by atoms with Crippen molar-refractivity contribution in [2.45, 2.75) is 25.8 Å². The van der Waals surface area contributed by atoms with Gasteiger partial charge in [0.05, 0.1) is 0 Å². The van der Waals surface area contributed by atoms with Crippen molar-refractivity contribution >= 4 is 5.97 Å². The molecule has 0 bridgehead atoms. The van der Waals surface area contributed by atoms with Crippen LogP contribution < -0.4 is 5.73 Å². The van der Waals surface area contributed by atoms with Crippen LogP contribution in [0, 0.1) is 11.8 Å². The lowest BCUT2D eigenvalue weighted by atomic mass is 10.1. The van der Waals surface area contributed by atoms with E-state index in [1.165, 1.54) is 0 Å². The van der Waals surface area contributed by atoms with E-state index in [0.29, 0.717) is 5.92 Å². The molecule has 0 radical (unpaired) electrons. The molecule has 0 aromatic rings. The molecule has 0 heterocycles. The van der Waals surface area contributed by atoms with Crippen LogP contribution in [-0.4, -0.2) is 17.1 Å². The highest BCUT2D eigenvalue weighted by Crippen LogP contribution is 2.42. The van der Waals surface area contributed by atoms with Gasteiger partial charge in [-0.3, -0.25) is 4.79 Å². The molecule has 3 heteroatoms. The van der Waals surface area contributed by atoms with Crippen LogP contribution in [0.5, 0.6) is 0 Å². The summed E-state index contributed by atoms with van der Waals surface area (Å²) in [7, 11) is 0. The van der Waals surface area contributed by atoms with Crippen LogP contribution in [0.1, 0.15) is 19.8 Å². The molecule has 10 heavy (non-hydrogen) atoms. The first-order valence-electron chi connectivity index (χ1n) is 3.65. The minimum Gasteiger partial charge on any atom is -0.480 e. The fraction of sp³-hybridized carbons (Fsp3) is 0.857. The molecule has 3 N–H and O–H groups in total. The van der Waals surface area contributed by atoms with E-state index in [1.807, 2.05) is 0 Å². The SMILES string of the molecule is CC[C@@H]1C[C@H]1[C@@H](N)C(=O)O. The third-order valence-electron chi connectivity index (χ3n) is 2.25. The largest absolute Gasteiger partial charge is 0.480 e. The number of rotatable bonds is 3. The average molecular weight is 143 g/mol. The Kier molecular flexibility index (Phi) is 1.94. The van der Waals surface area contributed by atoms with Crippen molar-refractivity contribution in [2.24, 2.45) is 17.6 Å². The van der Waals surface area contributed by atoms with Crippen LogP contribution in [0.2, 0.25) is 0 Å². The summed E-state index contributed by atoms with van der Waals surface area (Å²) in [4.78, 5) is 10.3. The van der Waals surface area contributed by atoms with Gasteiger partial charge in [0, 0.05) is 0 Å². The van der Waals surface area contributed by atoms with Gasteiger partial charge in [0.2, 0.25) is 0 Å². The van der Waals surface area contributed by atoms with E-state index >= 15 is 0 Å². The molecule has 0 unspecified atom stereocenters. The molecule has 58 valence electrons. The van der Waals surface area contributed by atoms with E-state index in [4.69, 9.17) is 10.8 Å². The first kappa shape index (κ1) is 7.54. The minimum absolute atomic E-state index is 0.252. The normalized spacial score (nSPS) is 33.4. The second-order valence-electron chi connectivity index (χ2n) is 2.93. The summed E-state index contributed by atoms with van der Waals surface area (Å²) >= 11 is 0. The van der Waals surface area contributed by atoms with Crippen molar-refractivity contribution in [3.63, 3.8) is 0 Å². The second-order valence-corrected chi connectivity index (χ2v) is 2.93. The van der Waals surface area contributed by atoms with Crippen molar-refractivity contribution < 1.29 is 9.90 Å². The van der Waals surface area contributed by atoms with Crippen molar-refractivity contribution in [2.75, 3.05) is 0 Å². The summed E-state index contributed by atoms with van der Waals surface area (Å²) in [6.45, 7) is 2.07. The van der Waals surface area contributed by atoms with Gasteiger partial charge < -0.3 is 10.8 Å². The number of carboxylic acids is 1. The summed E-state index contributed by atoms with van der Waals surface area (Å²) in [6.07, 6.45) is 2.07. The van der Waals surface area contributed by atoms with Crippen molar-refractivity contribution in [3.8, 4) is 0 Å². The van der Waals surface area contributed by atoms with Crippen LogP contribution in [0.3, 0.4) is 0 Å². The maximum Gasteiger partial charge on any atom is 0.320 e. The van der Waals surface area contributed by atoms with Gasteiger partial charge in [-0.25, -0.2) is 0 Å². The molecule has 1 saturated carbocycles. The smallest absolute Gasteiger partial charge is 0.320 e. The van der Waals surface area contributed by atoms with E-state index < -0.39 is 12.0 Å². The van der Waals surface area contributed by atoms with Crippen LogP contribution in [-0.2, 0) is 4.79 Å². The highest BCUT2D eigenvalue weighted by molar-refractivity contribution is 5.74. The molecule has 3 nitrogen and oxygen atoms in total. The van der Waals surface area contributed by atoms with E-state index in [-0.39, 0.29) is 5.92 Å². The van der Waals surface area contributed by atoms with Crippen LogP contribution in [0.15, 0.2) is 0 Å². The van der Waals surface area contributed by atoms with Crippen molar-refractivity contribution in [1.29, 1.82) is 0 Å². The first-order chi connectivity index (χ1) is 4.66. The number of aliphatic carboxylic acids is 1. The molecule has 0 saturated heterocycles. The summed E-state index contributed by atoms with van der Waals surface area (Å²) in [5, 5.41) is 8.48. The molecular weight excluding hydrogens is 130 g/mol. The predicted octanol–water partition coefficient (Wildman–Crippen LogP) is 0.444. The van der Waals surface area contributed by atoms with E-state index in [9.17, 15) is 4.79 Å². The summed E-state index contributed by atoms with van der Waals surface area (Å²) in [5.74, 6) is -0.0328. The fourth-order valence-corrected chi connectivity index (χ4v) is 1.36. The van der Waals surface area contributed by atoms with E-state index in [1.54, 1.807) is 0 Å². The van der Waals surface area contributed by atoms with E-state index in [0.717, 1.165) is 12.8 Å². The van der Waals surface area contributed by atoms with Gasteiger partial charge >= 0.3 is 5.97 Å². The molecule has 1 rings (SSSR count). The number of nitrogens with two attached hydrogens (primary N) is 1. The van der Waals surface area contributed by atoms with Crippen molar-refractivity contribution in [1.82, 2.24) is 0 Å². The fourth-order valence-electron chi connectivity index (χ4n) is 1.36. The van der Waals surface area contributed by atoms with Crippen LogP contribution >= 0.6 is 0 Å². The summed E-state index contributed by atoms with van der Waals surface area (Å²) in [6, 6.07) is -0.620. The monoisotopic (exact) mass is 143 g/mol. The first-order valence-corrected chi connectivity index (χ1v) is 3.65. The Bertz CT molecular complexity index is 147. The molecule has 0 aromatic heterocycles. The van der Waals surface area contributed by atoms with Gasteiger partial charge in [-0.15, -0.1) is 0 Å². The lowest BCUT2D eigenvalue weighted by molar-refractivity contribution is -0.139. The van der Waals surface area contributed by atoms with Gasteiger partial charge in [0.15, 0.2) is 0 Å². The quantitative estimate of drug-likeness (QED) is 0.602. The molecule has 0 aromatic carbocycles. The van der Waals surface area contributed by atoms with Crippen LogP contribution in [0.25, 0.3) is 0 Å². The maximum atomic E-state index is 10.3. The lowest BCUT2D eigenvalue weighted by Crippen LogP contribution is -2.32. The Morgan fingerprint density at radius 2 is 2.50 bits per heavy atom. The predicted molar refractivity (Wildman–Crippen MR) is 37.5 cm³/mol. The highest BCUT2D eigenvalue weighted by atomic mass is 16.4. The van der Waals surface area contributed by atoms with Crippen molar-refractivity contribution in [3.05, 3.63) is 0 Å². The standard InChI is InChI=1S/C7H13NO2/c1-2-4-3-5(4)6(8)7(9)10/h4-6H,2-3,8H2,1H3,(H,9,10)/t4-,5-,6-/m1/s1. The Morgan fingerprint density at radius 1 is 1.90 bits per heavy atom. The minimum atomic E-state index is -0.860. The Morgan fingerprint density at radius 3 is 2.80 bits per heavy atom. The molecule has 1 aliphatic rings. The third-order valence-corrected chi connectivity index (χ3v) is 2.25. The molecule has 1 aliphatic carbocycles. The number of carboxylic acid groups (broad SMARTS) is 1.